The first-order valence-electron chi connectivity index (χ1n) is 10.4. The second-order valence-electron chi connectivity index (χ2n) is 7.64. The summed E-state index contributed by atoms with van der Waals surface area (Å²) in [4.78, 5) is 12.2. The third-order valence-corrected chi connectivity index (χ3v) is 5.50. The van der Waals surface area contributed by atoms with Crippen LogP contribution in [0.25, 0.3) is 44.5 Å². The predicted molar refractivity (Wildman–Crippen MR) is 125 cm³/mol. The highest BCUT2D eigenvalue weighted by molar-refractivity contribution is 5.97. The van der Waals surface area contributed by atoms with Gasteiger partial charge in [-0.25, -0.2) is 0 Å². The monoisotopic (exact) mass is 417 g/mol. The largest absolute Gasteiger partial charge is 0.487 e. The lowest BCUT2D eigenvalue weighted by Crippen LogP contribution is -1.95. The Morgan fingerprint density at radius 2 is 1.75 bits per heavy atom. The number of pyridine rings is 2. The number of hydrogen-bond acceptors (Lipinski definition) is 4. The standard InChI is InChI=1S/C26H19N5O/c1-2-5-17(6-3-1)16-32-20-11-19(14-27-15-20)18-8-9-22-21(12-18)26(31-30-22)25-13-24-23(29-25)7-4-10-28-24/h1-15,29H,16H2,(H,30,31). The Morgan fingerprint density at radius 3 is 2.66 bits per heavy atom. The van der Waals surface area contributed by atoms with Crippen molar-refractivity contribution >= 4 is 21.9 Å². The number of hydrogen-bond donors (Lipinski definition) is 2. The molecule has 0 saturated heterocycles. The third-order valence-electron chi connectivity index (χ3n) is 5.50. The van der Waals surface area contributed by atoms with E-state index in [2.05, 4.69) is 37.3 Å². The van der Waals surface area contributed by atoms with Crippen LogP contribution in [0.2, 0.25) is 0 Å². The Hall–Kier alpha value is -4.45. The SMILES string of the molecule is c1ccc(COc2cncc(-c3ccc4[nH]nc(-c5cc6ncccc6[nH]5)c4c3)c2)cc1. The normalized spacial score (nSPS) is 11.2. The van der Waals surface area contributed by atoms with Crippen LogP contribution in [0.4, 0.5) is 0 Å². The number of H-pyrrole nitrogens is 2. The van der Waals surface area contributed by atoms with Gasteiger partial charge in [0.05, 0.1) is 28.4 Å². The van der Waals surface area contributed by atoms with Gasteiger partial charge in [0.2, 0.25) is 0 Å². The number of ether oxygens (including phenoxy) is 1. The Labute approximate surface area is 183 Å². The minimum absolute atomic E-state index is 0.505. The molecule has 0 radical (unpaired) electrons. The Balaban J connectivity index is 1.34. The summed E-state index contributed by atoms with van der Waals surface area (Å²) in [6, 6.07) is 24.3. The van der Waals surface area contributed by atoms with Crippen molar-refractivity contribution in [2.24, 2.45) is 0 Å². The molecule has 6 rings (SSSR count). The maximum atomic E-state index is 5.96. The van der Waals surface area contributed by atoms with Crippen molar-refractivity contribution in [1.82, 2.24) is 25.1 Å². The first-order valence-corrected chi connectivity index (χ1v) is 10.4. The summed E-state index contributed by atoms with van der Waals surface area (Å²) in [7, 11) is 0. The van der Waals surface area contributed by atoms with Gasteiger partial charge in [-0.05, 0) is 47.5 Å². The highest BCUT2D eigenvalue weighted by Crippen LogP contribution is 2.32. The van der Waals surface area contributed by atoms with Crippen LogP contribution in [0.15, 0.2) is 91.4 Å². The Kier molecular flexibility index (Phi) is 4.39. The number of benzene rings is 2. The van der Waals surface area contributed by atoms with Crippen LogP contribution >= 0.6 is 0 Å². The van der Waals surface area contributed by atoms with E-state index in [4.69, 9.17) is 4.74 Å². The van der Waals surface area contributed by atoms with Crippen LogP contribution in [0.5, 0.6) is 5.75 Å². The maximum Gasteiger partial charge on any atom is 0.138 e. The summed E-state index contributed by atoms with van der Waals surface area (Å²) < 4.78 is 5.96. The van der Waals surface area contributed by atoms with Gasteiger partial charge < -0.3 is 9.72 Å². The molecule has 0 aliphatic heterocycles. The van der Waals surface area contributed by atoms with Gasteiger partial charge in [0.25, 0.3) is 0 Å². The molecule has 2 aromatic carbocycles. The van der Waals surface area contributed by atoms with Gasteiger partial charge in [-0.15, -0.1) is 0 Å². The predicted octanol–water partition coefficient (Wildman–Crippen LogP) is 5.75. The van der Waals surface area contributed by atoms with E-state index < -0.39 is 0 Å². The van der Waals surface area contributed by atoms with Gasteiger partial charge in [-0.1, -0.05) is 36.4 Å². The van der Waals surface area contributed by atoms with Crippen LogP contribution in [0.1, 0.15) is 5.56 Å². The van der Waals surface area contributed by atoms with Crippen molar-refractivity contribution in [3.8, 4) is 28.3 Å². The van der Waals surface area contributed by atoms with Crippen molar-refractivity contribution in [3.63, 3.8) is 0 Å². The molecule has 0 bridgehead atoms. The second kappa shape index (κ2) is 7.67. The average Bonchev–Trinajstić information content (AvgIpc) is 3.47. The van der Waals surface area contributed by atoms with Crippen LogP contribution in [-0.4, -0.2) is 25.1 Å². The van der Waals surface area contributed by atoms with Gasteiger partial charge in [0, 0.05) is 23.3 Å². The fraction of sp³-hybridized carbons (Fsp3) is 0.0385. The van der Waals surface area contributed by atoms with Crippen molar-refractivity contribution in [1.29, 1.82) is 0 Å². The Bertz CT molecular complexity index is 1500. The van der Waals surface area contributed by atoms with Crippen molar-refractivity contribution < 1.29 is 4.74 Å². The fourth-order valence-electron chi connectivity index (χ4n) is 3.88. The first kappa shape index (κ1) is 18.3. The molecule has 6 heteroatoms. The molecule has 4 heterocycles. The van der Waals surface area contributed by atoms with Gasteiger partial charge in [0.1, 0.15) is 18.1 Å². The topological polar surface area (TPSA) is 79.5 Å². The van der Waals surface area contributed by atoms with E-state index in [1.54, 1.807) is 12.4 Å². The fourth-order valence-corrected chi connectivity index (χ4v) is 3.88. The zero-order valence-electron chi connectivity index (χ0n) is 17.1. The first-order chi connectivity index (χ1) is 15.8. The zero-order valence-corrected chi connectivity index (χ0v) is 17.1. The maximum absolute atomic E-state index is 5.96. The molecule has 0 atom stereocenters. The lowest BCUT2D eigenvalue weighted by Gasteiger charge is -2.08. The van der Waals surface area contributed by atoms with Crippen molar-refractivity contribution in [2.75, 3.05) is 0 Å². The molecule has 6 nitrogen and oxygen atoms in total. The van der Waals surface area contributed by atoms with Crippen LogP contribution in [0.3, 0.4) is 0 Å². The summed E-state index contributed by atoms with van der Waals surface area (Å²) in [5.74, 6) is 0.737. The molecule has 0 saturated carbocycles. The van der Waals surface area contributed by atoms with E-state index in [1.165, 1.54) is 0 Å². The van der Waals surface area contributed by atoms with Gasteiger partial charge in [0.15, 0.2) is 0 Å². The van der Waals surface area contributed by atoms with E-state index in [0.29, 0.717) is 6.61 Å². The molecule has 154 valence electrons. The molecule has 0 amide bonds. The lowest BCUT2D eigenvalue weighted by atomic mass is 10.0. The number of rotatable bonds is 5. The summed E-state index contributed by atoms with van der Waals surface area (Å²) in [5.41, 5.74) is 7.83. The molecule has 0 spiro atoms. The number of nitrogens with one attached hydrogen (secondary N) is 2. The van der Waals surface area contributed by atoms with Crippen LogP contribution in [-0.2, 0) is 6.61 Å². The van der Waals surface area contributed by atoms with E-state index in [9.17, 15) is 0 Å². The molecule has 0 unspecified atom stereocenters. The minimum Gasteiger partial charge on any atom is -0.487 e. The van der Waals surface area contributed by atoms with E-state index in [0.717, 1.165) is 55.8 Å². The summed E-state index contributed by atoms with van der Waals surface area (Å²) >= 11 is 0. The molecule has 0 aliphatic rings. The van der Waals surface area contributed by atoms with E-state index in [1.807, 2.05) is 66.9 Å². The summed E-state index contributed by atoms with van der Waals surface area (Å²) in [5, 5.41) is 8.71. The average molecular weight is 417 g/mol. The Morgan fingerprint density at radius 1 is 0.812 bits per heavy atom. The molecule has 6 aromatic rings. The van der Waals surface area contributed by atoms with Crippen molar-refractivity contribution in [3.05, 3.63) is 97.0 Å². The molecule has 32 heavy (non-hydrogen) atoms. The smallest absolute Gasteiger partial charge is 0.138 e. The number of aromatic amines is 2. The summed E-state index contributed by atoms with van der Waals surface area (Å²) in [6.07, 6.45) is 5.38. The lowest BCUT2D eigenvalue weighted by molar-refractivity contribution is 0.305. The van der Waals surface area contributed by atoms with Crippen molar-refractivity contribution in [2.45, 2.75) is 6.61 Å². The highest BCUT2D eigenvalue weighted by atomic mass is 16.5. The molecule has 2 N–H and O–H groups in total. The van der Waals surface area contributed by atoms with E-state index in [-0.39, 0.29) is 0 Å². The zero-order chi connectivity index (χ0) is 21.3. The molecular weight excluding hydrogens is 398 g/mol. The van der Waals surface area contributed by atoms with Gasteiger partial charge >= 0.3 is 0 Å². The van der Waals surface area contributed by atoms with Crippen LogP contribution < -0.4 is 4.74 Å². The minimum atomic E-state index is 0.505. The van der Waals surface area contributed by atoms with Crippen LogP contribution in [0, 0.1) is 0 Å². The van der Waals surface area contributed by atoms with Gasteiger partial charge in [-0.3, -0.25) is 15.1 Å². The molecule has 0 aliphatic carbocycles. The van der Waals surface area contributed by atoms with E-state index >= 15 is 0 Å². The third kappa shape index (κ3) is 3.37. The molecule has 0 fully saturated rings. The van der Waals surface area contributed by atoms with Gasteiger partial charge in [-0.2, -0.15) is 5.10 Å². The highest BCUT2D eigenvalue weighted by Gasteiger charge is 2.13. The molecular formula is C26H19N5O. The quantitative estimate of drug-likeness (QED) is 0.374. The number of nitrogens with zero attached hydrogens (tertiary/aromatic N) is 3. The number of fused-ring (bicyclic) bond motifs is 2. The second-order valence-corrected chi connectivity index (χ2v) is 7.64. The number of aromatic nitrogens is 5. The molecule has 4 aromatic heterocycles. The summed E-state index contributed by atoms with van der Waals surface area (Å²) in [6.45, 7) is 0.505.